The molecule has 15 heteroatoms. The van der Waals surface area contributed by atoms with E-state index >= 15 is 0 Å². The van der Waals surface area contributed by atoms with E-state index < -0.39 is 18.9 Å². The first-order valence-electron chi connectivity index (χ1n) is 14.0. The molecule has 2 aromatic rings. The molecule has 0 saturated carbocycles. The van der Waals surface area contributed by atoms with Crippen LogP contribution in [0.25, 0.3) is 0 Å². The molecule has 46 heavy (non-hydrogen) atoms. The van der Waals surface area contributed by atoms with Crippen molar-refractivity contribution in [2.45, 2.75) is 97.3 Å². The molecule has 2 rings (SSSR count). The molecule has 0 heterocycles. The highest BCUT2D eigenvalue weighted by Crippen LogP contribution is 2.33. The number of carbonyl (C=O) groups excluding carboxylic acids is 4. The maximum Gasteiger partial charge on any atom is 0.373 e. The van der Waals surface area contributed by atoms with Crippen LogP contribution >= 0.6 is 23.1 Å². The predicted octanol–water partition coefficient (Wildman–Crippen LogP) is 6.13. The summed E-state index contributed by atoms with van der Waals surface area (Å²) in [5.74, 6) is 1.66. The van der Waals surface area contributed by atoms with Crippen LogP contribution in [-0.4, -0.2) is 55.7 Å². The molecule has 0 amide bonds. The van der Waals surface area contributed by atoms with E-state index in [4.69, 9.17) is 45.1 Å². The minimum atomic E-state index is -3.69. The van der Waals surface area contributed by atoms with Crippen molar-refractivity contribution in [3.63, 3.8) is 0 Å². The number of ether oxygens (including phenoxy) is 2. The van der Waals surface area contributed by atoms with Crippen LogP contribution in [0.15, 0.2) is 21.9 Å². The van der Waals surface area contributed by atoms with Crippen LogP contribution in [0.3, 0.4) is 0 Å². The number of halogens is 2. The lowest BCUT2D eigenvalue weighted by molar-refractivity contribution is -0.193. The van der Waals surface area contributed by atoms with Crippen molar-refractivity contribution in [1.29, 1.82) is 0 Å². The van der Waals surface area contributed by atoms with Crippen molar-refractivity contribution in [3.05, 3.63) is 45.5 Å². The topological polar surface area (TPSA) is 181 Å². The van der Waals surface area contributed by atoms with Crippen molar-refractivity contribution < 1.29 is 45.5 Å². The zero-order valence-electron chi connectivity index (χ0n) is 28.4. The summed E-state index contributed by atoms with van der Waals surface area (Å²) in [5, 5.41) is 0. The van der Waals surface area contributed by atoms with Crippen molar-refractivity contribution >= 4 is 54.3 Å². The molecule has 0 saturated heterocycles. The largest absolute Gasteiger partial charge is 0.496 e. The Hall–Kier alpha value is -2.76. The van der Waals surface area contributed by atoms with Crippen molar-refractivity contribution in [3.8, 4) is 11.5 Å². The molecule has 0 bridgehead atoms. The molecule has 0 aliphatic rings. The van der Waals surface area contributed by atoms with Gasteiger partial charge in [0.2, 0.25) is 0 Å². The van der Waals surface area contributed by atoms with E-state index in [1.807, 2.05) is 26.8 Å². The van der Waals surface area contributed by atoms with Gasteiger partial charge in [-0.15, -0.1) is 12.4 Å². The highest BCUT2D eigenvalue weighted by molar-refractivity contribution is 8.13. The highest BCUT2D eigenvalue weighted by Gasteiger charge is 2.22. The second kappa shape index (κ2) is 26.3. The van der Waals surface area contributed by atoms with Gasteiger partial charge in [-0.1, -0.05) is 33.1 Å². The first kappa shape index (κ1) is 50.1. The summed E-state index contributed by atoms with van der Waals surface area (Å²) in [6.45, 7) is 15.9. The highest BCUT2D eigenvalue weighted by atomic mass is 35.7. The number of sulfone groups is 1. The summed E-state index contributed by atoms with van der Waals surface area (Å²) in [6, 6.07) is 3.49. The number of methoxy groups -OCH3 is 2. The number of nitrogens with two attached hydrogens (primary N) is 1. The molecule has 2 aromatic carbocycles. The number of hydrogen-bond acceptors (Lipinski definition) is 11. The lowest BCUT2D eigenvalue weighted by atomic mass is 10.1. The summed E-state index contributed by atoms with van der Waals surface area (Å²) in [7, 11) is 1.64. The number of unbranched alkanes of at least 4 members (excludes halogenated alkanes) is 3. The normalized spacial score (nSPS) is 9.83. The molecule has 0 atom stereocenters. The van der Waals surface area contributed by atoms with Crippen LogP contribution < -0.4 is 15.2 Å². The molecule has 11 nitrogen and oxygen atoms in total. The molecule has 0 fully saturated rings. The molecular weight excluding hydrogens is 681 g/mol. The Labute approximate surface area is 285 Å². The minimum absolute atomic E-state index is 0. The van der Waals surface area contributed by atoms with Gasteiger partial charge in [0.25, 0.3) is 9.05 Å². The third-order valence-corrected chi connectivity index (χ3v) is 10.2. The molecular formula is C31H49Cl2NO10S2. The molecule has 0 aliphatic heterocycles. The fourth-order valence-corrected chi connectivity index (χ4v) is 7.80. The summed E-state index contributed by atoms with van der Waals surface area (Å²) in [4.78, 5) is 33.2. The first-order chi connectivity index (χ1) is 20.9. The fourth-order valence-electron chi connectivity index (χ4n) is 4.17. The van der Waals surface area contributed by atoms with Crippen LogP contribution in [0, 0.1) is 41.5 Å². The predicted molar refractivity (Wildman–Crippen MR) is 180 cm³/mol. The van der Waals surface area contributed by atoms with Gasteiger partial charge in [-0.2, -0.15) is 19.2 Å². The number of rotatable bonds is 10. The molecule has 0 radical (unpaired) electrons. The molecule has 2 N–H and O–H groups in total. The second-order valence-electron chi connectivity index (χ2n) is 9.72. The Morgan fingerprint density at radius 3 is 1.30 bits per heavy atom. The minimum Gasteiger partial charge on any atom is -0.496 e. The van der Waals surface area contributed by atoms with E-state index in [0.29, 0.717) is 21.8 Å². The molecule has 0 aromatic heterocycles. The van der Waals surface area contributed by atoms with Crippen LogP contribution in [0.1, 0.15) is 79.3 Å². The summed E-state index contributed by atoms with van der Waals surface area (Å²) in [5.41, 5.74) is 9.67. The van der Waals surface area contributed by atoms with Gasteiger partial charge in [0.1, 0.15) is 11.5 Å². The van der Waals surface area contributed by atoms with Gasteiger partial charge in [-0.05, 0) is 106 Å². The van der Waals surface area contributed by atoms with Gasteiger partial charge in [0.15, 0.2) is 9.84 Å². The average molecular weight is 731 g/mol. The Morgan fingerprint density at radius 2 is 1.02 bits per heavy atom. The lowest BCUT2D eigenvalue weighted by Crippen LogP contribution is -2.12. The number of benzene rings is 2. The van der Waals surface area contributed by atoms with Crippen LogP contribution in [0.4, 0.5) is 0 Å². The third-order valence-electron chi connectivity index (χ3n) is 6.53. The molecule has 264 valence electrons. The zero-order chi connectivity index (χ0) is 36.0. The monoisotopic (exact) mass is 729 g/mol. The van der Waals surface area contributed by atoms with E-state index in [-0.39, 0.29) is 35.4 Å². The zero-order valence-corrected chi connectivity index (χ0v) is 31.6. The average Bonchev–Trinajstić information content (AvgIpc) is 2.94. The summed E-state index contributed by atoms with van der Waals surface area (Å²) in [6.07, 6.45) is 5.58. The van der Waals surface area contributed by atoms with Crippen LogP contribution in [0.5, 0.6) is 11.5 Å². The van der Waals surface area contributed by atoms with Crippen LogP contribution in [-0.2, 0) is 38.1 Å². The third kappa shape index (κ3) is 17.8. The maximum absolute atomic E-state index is 12.5. The maximum atomic E-state index is 12.5. The molecule has 0 unspecified atom stereocenters. The quantitative estimate of drug-likeness (QED) is 0.219. The van der Waals surface area contributed by atoms with E-state index in [1.165, 1.54) is 12.8 Å². The van der Waals surface area contributed by atoms with Crippen molar-refractivity contribution in [1.82, 2.24) is 0 Å². The summed E-state index contributed by atoms with van der Waals surface area (Å²) < 4.78 is 58.0. The van der Waals surface area contributed by atoms with Gasteiger partial charge in [-0.25, -0.2) is 16.8 Å². The Morgan fingerprint density at radius 1 is 0.674 bits per heavy atom. The van der Waals surface area contributed by atoms with Gasteiger partial charge >= 0.3 is 12.3 Å². The van der Waals surface area contributed by atoms with Gasteiger partial charge in [-0.3, -0.25) is 0 Å². The summed E-state index contributed by atoms with van der Waals surface area (Å²) >= 11 is 0. The Bertz CT molecular complexity index is 1470. The Balaban J connectivity index is -0.000000289. The van der Waals surface area contributed by atoms with E-state index in [9.17, 15) is 16.8 Å². The van der Waals surface area contributed by atoms with Gasteiger partial charge < -0.3 is 15.2 Å². The molecule has 0 aliphatic carbocycles. The van der Waals surface area contributed by atoms with Crippen molar-refractivity contribution in [2.75, 3.05) is 26.5 Å². The van der Waals surface area contributed by atoms with E-state index in [0.717, 1.165) is 53.8 Å². The van der Waals surface area contributed by atoms with E-state index in [2.05, 4.69) is 13.8 Å². The first-order valence-corrected chi connectivity index (χ1v) is 18.0. The van der Waals surface area contributed by atoms with E-state index in [1.54, 1.807) is 41.1 Å². The number of hydrogen-bond donors (Lipinski definition) is 1. The smallest absolute Gasteiger partial charge is 0.373 e. The Kier molecular flexibility index (Phi) is 28.7. The van der Waals surface area contributed by atoms with Crippen LogP contribution in [0.2, 0.25) is 0 Å². The van der Waals surface area contributed by atoms with Crippen molar-refractivity contribution in [2.24, 2.45) is 5.73 Å². The lowest BCUT2D eigenvalue weighted by Gasteiger charge is -2.16. The second-order valence-corrected chi connectivity index (χ2v) is 14.3. The SMILES string of the molecule is CCCCCS(=O)(=O)c1c(C)cc(OC)c(C)c1C.CCCCN.COc1cc(C)c(S(=O)(=O)Cl)c(C)c1C.Cl.O=C=O.O=C=O. The van der Waals surface area contributed by atoms with Gasteiger partial charge in [0.05, 0.1) is 29.8 Å². The fraction of sp³-hybridized carbons (Fsp3) is 0.548. The number of aryl methyl sites for hydroxylation is 2. The molecule has 0 spiro atoms. The van der Waals surface area contributed by atoms with Gasteiger partial charge in [0, 0.05) is 10.7 Å². The standard InChI is InChI=1S/C15H24O3S.C10H13ClO3S.C4H11N.2CO2.ClH/c1-6-7-8-9-19(16,17)15-11(2)10-14(18-5)12(3)13(15)4;1-6-5-9(14-4)7(2)8(3)10(6)15(11,12)13;1-2-3-4-5;2*2-1-3;/h10H,6-9H2,1-5H3;5H,1-4H3;2-5H2,1H3;;;1H.